The molecule has 0 aromatic rings. The highest BCUT2D eigenvalue weighted by Crippen LogP contribution is 2.25. The third-order valence-electron chi connectivity index (χ3n) is 2.46. The molecule has 1 saturated heterocycles. The SMILES string of the molecule is CCOC(=O)N1CCC(=O)CC1(C)C. The molecule has 14 heavy (non-hydrogen) atoms. The van der Waals surface area contributed by atoms with Gasteiger partial charge in [-0.2, -0.15) is 0 Å². The fourth-order valence-electron chi connectivity index (χ4n) is 1.75. The van der Waals surface area contributed by atoms with Crippen molar-refractivity contribution in [1.29, 1.82) is 0 Å². The molecular weight excluding hydrogens is 182 g/mol. The van der Waals surface area contributed by atoms with Crippen molar-refractivity contribution in [1.82, 2.24) is 4.90 Å². The molecule has 1 fully saturated rings. The molecule has 0 unspecified atom stereocenters. The average molecular weight is 199 g/mol. The number of ether oxygens (including phenoxy) is 1. The summed E-state index contributed by atoms with van der Waals surface area (Å²) in [6.07, 6.45) is 0.554. The van der Waals surface area contributed by atoms with E-state index in [1.165, 1.54) is 0 Å². The van der Waals surface area contributed by atoms with Gasteiger partial charge in [-0.25, -0.2) is 4.79 Å². The Hall–Kier alpha value is -1.06. The molecule has 1 amide bonds. The Labute approximate surface area is 84.2 Å². The lowest BCUT2D eigenvalue weighted by Gasteiger charge is -2.40. The molecule has 1 aliphatic heterocycles. The number of nitrogens with zero attached hydrogens (tertiary/aromatic N) is 1. The van der Waals surface area contributed by atoms with Gasteiger partial charge in [0, 0.05) is 24.9 Å². The first-order valence-corrected chi connectivity index (χ1v) is 4.93. The third-order valence-corrected chi connectivity index (χ3v) is 2.46. The molecule has 0 bridgehead atoms. The number of likely N-dealkylation sites (tertiary alicyclic amines) is 1. The minimum absolute atomic E-state index is 0.218. The highest BCUT2D eigenvalue weighted by Gasteiger charge is 2.37. The zero-order valence-corrected chi connectivity index (χ0v) is 9.00. The Morgan fingerprint density at radius 2 is 2.21 bits per heavy atom. The lowest BCUT2D eigenvalue weighted by molar-refractivity contribution is -0.124. The number of amides is 1. The molecule has 0 aromatic carbocycles. The van der Waals surface area contributed by atoms with Crippen LogP contribution in [0.3, 0.4) is 0 Å². The predicted octanol–water partition coefficient (Wildman–Crippen LogP) is 1.59. The minimum Gasteiger partial charge on any atom is -0.450 e. The summed E-state index contributed by atoms with van der Waals surface area (Å²) < 4.78 is 4.93. The number of carbonyl (C=O) groups is 2. The summed E-state index contributed by atoms with van der Waals surface area (Å²) in [6, 6.07) is 0. The fourth-order valence-corrected chi connectivity index (χ4v) is 1.75. The van der Waals surface area contributed by atoms with E-state index in [0.717, 1.165) is 0 Å². The van der Waals surface area contributed by atoms with Gasteiger partial charge in [0.15, 0.2) is 0 Å². The molecule has 0 saturated carbocycles. The van der Waals surface area contributed by atoms with Gasteiger partial charge in [-0.15, -0.1) is 0 Å². The molecule has 1 rings (SSSR count). The minimum atomic E-state index is -0.401. The van der Waals surface area contributed by atoms with Crippen molar-refractivity contribution in [3.05, 3.63) is 0 Å². The Morgan fingerprint density at radius 3 is 2.71 bits per heavy atom. The van der Waals surface area contributed by atoms with Gasteiger partial charge in [0.05, 0.1) is 6.61 Å². The maximum absolute atomic E-state index is 11.5. The monoisotopic (exact) mass is 199 g/mol. The van der Waals surface area contributed by atoms with Crippen LogP contribution in [0.15, 0.2) is 0 Å². The van der Waals surface area contributed by atoms with E-state index in [4.69, 9.17) is 4.74 Å². The van der Waals surface area contributed by atoms with E-state index in [0.29, 0.717) is 26.0 Å². The molecule has 0 aromatic heterocycles. The van der Waals surface area contributed by atoms with Crippen LogP contribution in [0.1, 0.15) is 33.6 Å². The fraction of sp³-hybridized carbons (Fsp3) is 0.800. The van der Waals surface area contributed by atoms with Gasteiger partial charge < -0.3 is 9.64 Å². The standard InChI is InChI=1S/C10H17NO3/c1-4-14-9(13)11-6-5-8(12)7-10(11,2)3/h4-7H2,1-3H3. The second kappa shape index (κ2) is 3.98. The summed E-state index contributed by atoms with van der Waals surface area (Å²) in [5, 5.41) is 0. The number of ketones is 1. The van der Waals surface area contributed by atoms with Crippen LogP contribution in [-0.2, 0) is 9.53 Å². The van der Waals surface area contributed by atoms with Crippen molar-refractivity contribution in [3.63, 3.8) is 0 Å². The van der Waals surface area contributed by atoms with Gasteiger partial charge in [-0.3, -0.25) is 4.79 Å². The summed E-state index contributed by atoms with van der Waals surface area (Å²) in [5.74, 6) is 0.218. The van der Waals surface area contributed by atoms with Gasteiger partial charge in [-0.05, 0) is 20.8 Å². The van der Waals surface area contributed by atoms with Crippen LogP contribution >= 0.6 is 0 Å². The Morgan fingerprint density at radius 1 is 1.57 bits per heavy atom. The largest absolute Gasteiger partial charge is 0.450 e. The van der Waals surface area contributed by atoms with E-state index in [-0.39, 0.29) is 11.9 Å². The maximum Gasteiger partial charge on any atom is 0.410 e. The number of hydrogen-bond donors (Lipinski definition) is 0. The summed E-state index contributed by atoms with van der Waals surface area (Å²) in [7, 11) is 0. The first kappa shape index (κ1) is 11.0. The normalized spacial score (nSPS) is 20.8. The van der Waals surface area contributed by atoms with E-state index >= 15 is 0 Å². The molecule has 0 aliphatic carbocycles. The molecule has 0 atom stereocenters. The maximum atomic E-state index is 11.5. The summed E-state index contributed by atoms with van der Waals surface area (Å²) in [6.45, 7) is 6.41. The zero-order chi connectivity index (χ0) is 10.8. The van der Waals surface area contributed by atoms with Crippen LogP contribution in [0.2, 0.25) is 0 Å². The number of hydrogen-bond acceptors (Lipinski definition) is 3. The number of rotatable bonds is 1. The average Bonchev–Trinajstić information content (AvgIpc) is 2.01. The van der Waals surface area contributed by atoms with Crippen molar-refractivity contribution >= 4 is 11.9 Å². The number of Topliss-reactive ketones (excluding diaryl/α,β-unsaturated/α-hetero) is 1. The van der Waals surface area contributed by atoms with E-state index in [9.17, 15) is 9.59 Å². The summed E-state index contributed by atoms with van der Waals surface area (Å²) in [5.41, 5.74) is -0.401. The Balaban J connectivity index is 2.68. The Kier molecular flexibility index (Phi) is 3.13. The van der Waals surface area contributed by atoms with Gasteiger partial charge in [0.2, 0.25) is 0 Å². The highest BCUT2D eigenvalue weighted by molar-refractivity contribution is 5.83. The van der Waals surface area contributed by atoms with Crippen LogP contribution in [0.4, 0.5) is 4.79 Å². The quantitative estimate of drug-likeness (QED) is 0.644. The molecule has 1 aliphatic rings. The molecular formula is C10H17NO3. The second-order valence-electron chi connectivity index (χ2n) is 4.13. The third kappa shape index (κ3) is 2.25. The molecule has 0 N–H and O–H groups in total. The van der Waals surface area contributed by atoms with Gasteiger partial charge in [0.25, 0.3) is 0 Å². The molecule has 4 heteroatoms. The van der Waals surface area contributed by atoms with Gasteiger partial charge in [-0.1, -0.05) is 0 Å². The number of carbonyl (C=O) groups excluding carboxylic acids is 2. The van der Waals surface area contributed by atoms with E-state index < -0.39 is 5.54 Å². The van der Waals surface area contributed by atoms with E-state index in [1.54, 1.807) is 11.8 Å². The molecule has 0 radical (unpaired) electrons. The van der Waals surface area contributed by atoms with Crippen molar-refractivity contribution in [2.45, 2.75) is 39.2 Å². The van der Waals surface area contributed by atoms with Crippen LogP contribution in [0.5, 0.6) is 0 Å². The zero-order valence-electron chi connectivity index (χ0n) is 9.00. The van der Waals surface area contributed by atoms with Crippen molar-refractivity contribution < 1.29 is 14.3 Å². The van der Waals surface area contributed by atoms with Crippen molar-refractivity contribution in [3.8, 4) is 0 Å². The topological polar surface area (TPSA) is 46.6 Å². The van der Waals surface area contributed by atoms with Gasteiger partial charge in [0.1, 0.15) is 5.78 Å². The van der Waals surface area contributed by atoms with Crippen LogP contribution in [-0.4, -0.2) is 35.5 Å². The molecule has 0 spiro atoms. The lowest BCUT2D eigenvalue weighted by Crippen LogP contribution is -2.53. The smallest absolute Gasteiger partial charge is 0.410 e. The van der Waals surface area contributed by atoms with Crippen LogP contribution in [0.25, 0.3) is 0 Å². The van der Waals surface area contributed by atoms with Crippen molar-refractivity contribution in [2.75, 3.05) is 13.2 Å². The van der Waals surface area contributed by atoms with E-state index in [1.807, 2.05) is 13.8 Å². The first-order valence-electron chi connectivity index (χ1n) is 4.93. The molecule has 4 nitrogen and oxygen atoms in total. The molecule has 80 valence electrons. The highest BCUT2D eigenvalue weighted by atomic mass is 16.6. The first-order chi connectivity index (χ1) is 6.47. The lowest BCUT2D eigenvalue weighted by atomic mass is 9.90. The van der Waals surface area contributed by atoms with E-state index in [2.05, 4.69) is 0 Å². The van der Waals surface area contributed by atoms with Crippen molar-refractivity contribution in [2.24, 2.45) is 0 Å². The summed E-state index contributed by atoms with van der Waals surface area (Å²) in [4.78, 5) is 24.4. The van der Waals surface area contributed by atoms with Gasteiger partial charge >= 0.3 is 6.09 Å². The predicted molar refractivity (Wildman–Crippen MR) is 52.0 cm³/mol. The molecule has 1 heterocycles. The van der Waals surface area contributed by atoms with Crippen LogP contribution < -0.4 is 0 Å². The number of piperidine rings is 1. The second-order valence-corrected chi connectivity index (χ2v) is 4.13. The van der Waals surface area contributed by atoms with Crippen LogP contribution in [0, 0.1) is 0 Å². The summed E-state index contributed by atoms with van der Waals surface area (Å²) >= 11 is 0. The Bertz CT molecular complexity index is 248.